The molecule has 0 radical (unpaired) electrons. The molecular weight excluding hydrogens is 419 g/mol. The van der Waals surface area contributed by atoms with Crippen LogP contribution in [0.4, 0.5) is 4.39 Å². The molecule has 10 heteroatoms. The molecule has 2 aromatic rings. The molecule has 2 aliphatic rings. The standard InChI is InChI=1S/C21H27FN6O2S/c1-27-17(6-7-19(29)23-10-14-2-4-15(22)5-3-14)11-24-21(30)20-18(27)8-9-28(20)12-16-13-31-26-25-16/h2-5,13,17-18,20H,6-12H2,1H3,(H,23,29)(H,24,30)/t17-,18+,20-/m0/s1. The third-order valence-corrected chi connectivity index (χ3v) is 6.78. The predicted octanol–water partition coefficient (Wildman–Crippen LogP) is 1.15. The van der Waals surface area contributed by atoms with Crippen LogP contribution in [0.15, 0.2) is 29.6 Å². The van der Waals surface area contributed by atoms with Gasteiger partial charge in [0.15, 0.2) is 0 Å². The topological polar surface area (TPSA) is 90.5 Å². The molecule has 1 aromatic carbocycles. The van der Waals surface area contributed by atoms with E-state index in [9.17, 15) is 14.0 Å². The van der Waals surface area contributed by atoms with Gasteiger partial charge in [-0.05, 0) is 49.1 Å². The predicted molar refractivity (Wildman–Crippen MR) is 115 cm³/mol. The first-order valence-corrected chi connectivity index (χ1v) is 11.4. The van der Waals surface area contributed by atoms with E-state index >= 15 is 0 Å². The fourth-order valence-electron chi connectivity index (χ4n) is 4.48. The summed E-state index contributed by atoms with van der Waals surface area (Å²) in [6.45, 7) is 2.35. The van der Waals surface area contributed by atoms with Crippen LogP contribution in [-0.2, 0) is 22.7 Å². The van der Waals surface area contributed by atoms with Gasteiger partial charge < -0.3 is 10.6 Å². The highest BCUT2D eigenvalue weighted by atomic mass is 32.1. The van der Waals surface area contributed by atoms with Gasteiger partial charge in [-0.3, -0.25) is 19.4 Å². The second-order valence-corrected chi connectivity index (χ2v) is 8.78. The Morgan fingerprint density at radius 3 is 2.90 bits per heavy atom. The molecule has 2 N–H and O–H groups in total. The van der Waals surface area contributed by atoms with Crippen molar-refractivity contribution in [3.05, 3.63) is 46.7 Å². The van der Waals surface area contributed by atoms with E-state index in [-0.39, 0.29) is 35.8 Å². The maximum absolute atomic E-state index is 13.0. The number of carbonyl (C=O) groups excluding carboxylic acids is 2. The Hall–Kier alpha value is -2.43. The minimum Gasteiger partial charge on any atom is -0.353 e. The summed E-state index contributed by atoms with van der Waals surface area (Å²) >= 11 is 1.32. The molecule has 166 valence electrons. The quantitative estimate of drug-likeness (QED) is 0.663. The monoisotopic (exact) mass is 446 g/mol. The number of nitrogens with one attached hydrogen (secondary N) is 2. The Morgan fingerprint density at radius 2 is 2.16 bits per heavy atom. The van der Waals surface area contributed by atoms with Crippen molar-refractivity contribution in [2.24, 2.45) is 0 Å². The number of benzene rings is 1. The maximum atomic E-state index is 13.0. The maximum Gasteiger partial charge on any atom is 0.239 e. The number of nitrogens with zero attached hydrogens (tertiary/aromatic N) is 4. The van der Waals surface area contributed by atoms with Gasteiger partial charge in [0, 0.05) is 50.1 Å². The van der Waals surface area contributed by atoms with Crippen molar-refractivity contribution in [1.29, 1.82) is 0 Å². The minimum atomic E-state index is -0.291. The third kappa shape index (κ3) is 5.25. The molecule has 3 heterocycles. The third-order valence-electron chi connectivity index (χ3n) is 6.23. The number of hydrogen-bond acceptors (Lipinski definition) is 7. The van der Waals surface area contributed by atoms with Gasteiger partial charge >= 0.3 is 0 Å². The number of likely N-dealkylation sites (N-methyl/N-ethyl adjacent to an activating group) is 1. The van der Waals surface area contributed by atoms with E-state index in [1.807, 2.05) is 12.4 Å². The van der Waals surface area contributed by atoms with Crippen molar-refractivity contribution in [2.45, 2.75) is 50.5 Å². The molecule has 1 aromatic heterocycles. The largest absolute Gasteiger partial charge is 0.353 e. The first kappa shape index (κ1) is 21.8. The van der Waals surface area contributed by atoms with Crippen molar-refractivity contribution in [3.8, 4) is 0 Å². The lowest BCUT2D eigenvalue weighted by Crippen LogP contribution is -2.49. The summed E-state index contributed by atoms with van der Waals surface area (Å²) in [7, 11) is 2.05. The SMILES string of the molecule is CN1[C@@H](CCC(=O)NCc2ccc(F)cc2)CNC(=O)[C@@H]2[C@H]1CCN2Cc1csnn1. The molecule has 0 unspecified atom stereocenters. The first-order chi connectivity index (χ1) is 15.0. The number of halogens is 1. The van der Waals surface area contributed by atoms with Gasteiger partial charge in [0.1, 0.15) is 11.9 Å². The number of carbonyl (C=O) groups is 2. The zero-order chi connectivity index (χ0) is 21.8. The summed E-state index contributed by atoms with van der Waals surface area (Å²) in [5.41, 5.74) is 1.75. The molecule has 3 atom stereocenters. The van der Waals surface area contributed by atoms with E-state index < -0.39 is 0 Å². The lowest BCUT2D eigenvalue weighted by atomic mass is 10.0. The van der Waals surface area contributed by atoms with E-state index in [0.29, 0.717) is 32.5 Å². The highest BCUT2D eigenvalue weighted by Crippen LogP contribution is 2.28. The van der Waals surface area contributed by atoms with Crippen LogP contribution in [0.5, 0.6) is 0 Å². The van der Waals surface area contributed by atoms with Crippen molar-refractivity contribution < 1.29 is 14.0 Å². The molecule has 2 aliphatic heterocycles. The Kier molecular flexibility index (Phi) is 6.89. The number of aromatic nitrogens is 2. The molecule has 4 rings (SSSR count). The van der Waals surface area contributed by atoms with Gasteiger partial charge in [-0.25, -0.2) is 4.39 Å². The van der Waals surface area contributed by atoms with Crippen LogP contribution in [0.1, 0.15) is 30.5 Å². The van der Waals surface area contributed by atoms with Crippen LogP contribution in [0.25, 0.3) is 0 Å². The number of fused-ring (bicyclic) bond motifs is 1. The molecule has 31 heavy (non-hydrogen) atoms. The fourth-order valence-corrected chi connectivity index (χ4v) is 4.92. The summed E-state index contributed by atoms with van der Waals surface area (Å²) < 4.78 is 16.9. The second-order valence-electron chi connectivity index (χ2n) is 8.17. The zero-order valence-corrected chi connectivity index (χ0v) is 18.3. The molecule has 0 bridgehead atoms. The van der Waals surface area contributed by atoms with Gasteiger partial charge in [-0.15, -0.1) is 5.10 Å². The van der Waals surface area contributed by atoms with Gasteiger partial charge in [0.2, 0.25) is 11.8 Å². The van der Waals surface area contributed by atoms with Gasteiger partial charge in [0.05, 0.1) is 5.69 Å². The van der Waals surface area contributed by atoms with Crippen LogP contribution in [-0.4, -0.2) is 69.5 Å². The molecule has 2 amide bonds. The van der Waals surface area contributed by atoms with E-state index in [4.69, 9.17) is 0 Å². The molecule has 0 aliphatic carbocycles. The smallest absolute Gasteiger partial charge is 0.239 e. The normalized spacial score (nSPS) is 24.5. The summed E-state index contributed by atoms with van der Waals surface area (Å²) in [4.78, 5) is 29.6. The summed E-state index contributed by atoms with van der Waals surface area (Å²) in [5, 5.41) is 12.0. The van der Waals surface area contributed by atoms with Crippen LogP contribution in [0, 0.1) is 5.82 Å². The highest BCUT2D eigenvalue weighted by Gasteiger charge is 2.45. The lowest BCUT2D eigenvalue weighted by Gasteiger charge is -2.33. The molecular formula is C21H27FN6O2S. The second kappa shape index (κ2) is 9.80. The van der Waals surface area contributed by atoms with Crippen LogP contribution in [0.3, 0.4) is 0 Å². The Labute approximate surface area is 185 Å². The van der Waals surface area contributed by atoms with Crippen LogP contribution >= 0.6 is 11.5 Å². The molecule has 0 spiro atoms. The highest BCUT2D eigenvalue weighted by molar-refractivity contribution is 7.03. The van der Waals surface area contributed by atoms with Crippen molar-refractivity contribution in [2.75, 3.05) is 20.1 Å². The molecule has 0 saturated carbocycles. The zero-order valence-electron chi connectivity index (χ0n) is 17.5. The first-order valence-electron chi connectivity index (χ1n) is 10.5. The summed E-state index contributed by atoms with van der Waals surface area (Å²) in [6, 6.07) is 6.09. The molecule has 2 saturated heterocycles. The minimum absolute atomic E-state index is 0.0424. The van der Waals surface area contributed by atoms with E-state index in [1.165, 1.54) is 23.7 Å². The number of amides is 2. The van der Waals surface area contributed by atoms with E-state index in [2.05, 4.69) is 30.0 Å². The lowest BCUT2D eigenvalue weighted by molar-refractivity contribution is -0.126. The van der Waals surface area contributed by atoms with Gasteiger partial charge in [-0.2, -0.15) is 0 Å². The van der Waals surface area contributed by atoms with Crippen LogP contribution < -0.4 is 10.6 Å². The van der Waals surface area contributed by atoms with Gasteiger partial charge in [-0.1, -0.05) is 16.6 Å². The molecule has 2 fully saturated rings. The van der Waals surface area contributed by atoms with E-state index in [1.54, 1.807) is 12.1 Å². The fraction of sp³-hybridized carbons (Fsp3) is 0.524. The Morgan fingerprint density at radius 1 is 1.35 bits per heavy atom. The van der Waals surface area contributed by atoms with Crippen molar-refractivity contribution >= 4 is 23.3 Å². The Bertz CT molecular complexity index is 894. The number of likely N-dealkylation sites (tertiary alicyclic amines) is 1. The average molecular weight is 447 g/mol. The number of hydrogen-bond donors (Lipinski definition) is 2. The van der Waals surface area contributed by atoms with Crippen LogP contribution in [0.2, 0.25) is 0 Å². The van der Waals surface area contributed by atoms with Crippen molar-refractivity contribution in [3.63, 3.8) is 0 Å². The average Bonchev–Trinajstić information content (AvgIpc) is 3.40. The van der Waals surface area contributed by atoms with Crippen molar-refractivity contribution in [1.82, 2.24) is 30.0 Å². The van der Waals surface area contributed by atoms with Gasteiger partial charge in [0.25, 0.3) is 0 Å². The summed E-state index contributed by atoms with van der Waals surface area (Å²) in [5.74, 6) is -0.296. The summed E-state index contributed by atoms with van der Waals surface area (Å²) in [6.07, 6.45) is 1.93. The number of rotatable bonds is 7. The van der Waals surface area contributed by atoms with E-state index in [0.717, 1.165) is 24.2 Å². The Balaban J connectivity index is 1.30. The molecule has 8 nitrogen and oxygen atoms in total.